The summed E-state index contributed by atoms with van der Waals surface area (Å²) in [6, 6.07) is -0.678. The summed E-state index contributed by atoms with van der Waals surface area (Å²) in [6.07, 6.45) is -0.994. The lowest BCUT2D eigenvalue weighted by Crippen LogP contribution is -2.68. The zero-order valence-electron chi connectivity index (χ0n) is 9.16. The maximum atomic E-state index is 11.6. The van der Waals surface area contributed by atoms with Crippen LogP contribution in [-0.2, 0) is 14.3 Å². The van der Waals surface area contributed by atoms with Crippen molar-refractivity contribution in [1.82, 2.24) is 4.90 Å². The third-order valence-corrected chi connectivity index (χ3v) is 4.04. The van der Waals surface area contributed by atoms with Gasteiger partial charge in [0.05, 0.1) is 0 Å². The maximum absolute atomic E-state index is 11.6. The van der Waals surface area contributed by atoms with Gasteiger partial charge in [-0.25, -0.2) is 9.59 Å². The highest BCUT2D eigenvalue weighted by atomic mass is 32.2. The molecule has 18 heavy (non-hydrogen) atoms. The van der Waals surface area contributed by atoms with E-state index in [2.05, 4.69) is 4.74 Å². The minimum Gasteiger partial charge on any atom is -0.477 e. The van der Waals surface area contributed by atoms with E-state index in [1.165, 1.54) is 11.8 Å². The van der Waals surface area contributed by atoms with Crippen molar-refractivity contribution in [1.29, 1.82) is 0 Å². The molecule has 2 aliphatic rings. The van der Waals surface area contributed by atoms with Gasteiger partial charge in [0, 0.05) is 11.3 Å². The molecule has 0 unspecified atom stereocenters. The number of amides is 2. The molecule has 2 atom stereocenters. The van der Waals surface area contributed by atoms with Crippen molar-refractivity contribution in [2.45, 2.75) is 11.4 Å². The fourth-order valence-corrected chi connectivity index (χ4v) is 3.12. The number of aliphatic carboxylic acids is 1. The standard InChI is InChI=1S/C9H11N3O5S/c10-4-6(13)12-5(8(14)15)3(1-17-9(11)16)2-18-7(4)12/h4,7H,1-2,10H2,(H2,11,16)(H,14,15)/t4-,7+/m1/s1. The molecule has 2 heterocycles. The zero-order valence-corrected chi connectivity index (χ0v) is 9.98. The molecule has 2 aliphatic heterocycles. The van der Waals surface area contributed by atoms with Gasteiger partial charge in [0.2, 0.25) is 5.91 Å². The quantitative estimate of drug-likeness (QED) is 0.541. The Morgan fingerprint density at radius 3 is 2.78 bits per heavy atom. The Morgan fingerprint density at radius 2 is 2.22 bits per heavy atom. The van der Waals surface area contributed by atoms with Gasteiger partial charge < -0.3 is 21.3 Å². The van der Waals surface area contributed by atoms with E-state index in [9.17, 15) is 14.4 Å². The summed E-state index contributed by atoms with van der Waals surface area (Å²) in [5.41, 5.74) is 10.6. The molecule has 98 valence electrons. The van der Waals surface area contributed by atoms with Crippen molar-refractivity contribution in [3.63, 3.8) is 0 Å². The van der Waals surface area contributed by atoms with E-state index < -0.39 is 24.0 Å². The summed E-state index contributed by atoms with van der Waals surface area (Å²) < 4.78 is 4.57. The summed E-state index contributed by atoms with van der Waals surface area (Å²) in [6.45, 7) is -0.240. The molecule has 0 bridgehead atoms. The van der Waals surface area contributed by atoms with Crippen LogP contribution in [-0.4, -0.2) is 51.8 Å². The number of fused-ring (bicyclic) bond motifs is 1. The van der Waals surface area contributed by atoms with E-state index in [1.807, 2.05) is 0 Å². The highest BCUT2D eigenvalue weighted by Gasteiger charge is 2.51. The third kappa shape index (κ3) is 1.91. The smallest absolute Gasteiger partial charge is 0.404 e. The van der Waals surface area contributed by atoms with Gasteiger partial charge in [0.15, 0.2) is 0 Å². The van der Waals surface area contributed by atoms with E-state index in [1.54, 1.807) is 0 Å². The van der Waals surface area contributed by atoms with Crippen LogP contribution in [0.5, 0.6) is 0 Å². The second-order valence-corrected chi connectivity index (χ2v) is 4.91. The number of hydrogen-bond donors (Lipinski definition) is 3. The van der Waals surface area contributed by atoms with Crippen LogP contribution in [0.1, 0.15) is 0 Å². The lowest BCUT2D eigenvalue weighted by Gasteiger charge is -2.47. The topological polar surface area (TPSA) is 136 Å². The molecule has 0 spiro atoms. The normalized spacial score (nSPS) is 26.5. The van der Waals surface area contributed by atoms with Crippen LogP contribution in [0.2, 0.25) is 0 Å². The summed E-state index contributed by atoms with van der Waals surface area (Å²) in [4.78, 5) is 34.4. The Kier molecular flexibility index (Phi) is 3.18. The Bertz CT molecular complexity index is 463. The Hall–Kier alpha value is -1.74. The highest BCUT2D eigenvalue weighted by Crippen LogP contribution is 2.39. The molecule has 0 aromatic carbocycles. The van der Waals surface area contributed by atoms with E-state index in [-0.39, 0.29) is 17.7 Å². The zero-order chi connectivity index (χ0) is 13.4. The minimum absolute atomic E-state index is 0.160. The van der Waals surface area contributed by atoms with Crippen LogP contribution in [0.25, 0.3) is 0 Å². The first kappa shape index (κ1) is 12.7. The molecule has 0 aromatic heterocycles. The fraction of sp³-hybridized carbons (Fsp3) is 0.444. The minimum atomic E-state index is -1.25. The van der Waals surface area contributed by atoms with Gasteiger partial charge >= 0.3 is 12.1 Å². The molecule has 0 saturated carbocycles. The van der Waals surface area contributed by atoms with Crippen molar-refractivity contribution in [3.8, 4) is 0 Å². The summed E-state index contributed by atoms with van der Waals surface area (Å²) >= 11 is 1.33. The van der Waals surface area contributed by atoms with Crippen LogP contribution in [0.15, 0.2) is 11.3 Å². The molecule has 1 fully saturated rings. The number of β-lactam (4-membered cyclic amide) rings is 1. The van der Waals surface area contributed by atoms with Crippen LogP contribution >= 0.6 is 11.8 Å². The molecule has 0 radical (unpaired) electrons. The number of rotatable bonds is 3. The first-order valence-corrected chi connectivity index (χ1v) is 6.06. The first-order valence-electron chi connectivity index (χ1n) is 5.01. The Balaban J connectivity index is 2.26. The van der Waals surface area contributed by atoms with Crippen LogP contribution in [0, 0.1) is 0 Å². The van der Waals surface area contributed by atoms with Gasteiger partial charge in [-0.1, -0.05) is 0 Å². The van der Waals surface area contributed by atoms with Crippen LogP contribution < -0.4 is 11.5 Å². The number of thioether (sulfide) groups is 1. The van der Waals surface area contributed by atoms with Gasteiger partial charge in [0.25, 0.3) is 0 Å². The molecule has 2 amide bonds. The number of carboxylic acid groups (broad SMARTS) is 1. The lowest BCUT2D eigenvalue weighted by molar-refractivity contribution is -0.148. The van der Waals surface area contributed by atoms with Gasteiger partial charge in [-0.05, 0) is 0 Å². The van der Waals surface area contributed by atoms with Gasteiger partial charge in [-0.2, -0.15) is 0 Å². The van der Waals surface area contributed by atoms with Gasteiger partial charge in [0.1, 0.15) is 23.7 Å². The van der Waals surface area contributed by atoms with Crippen LogP contribution in [0.3, 0.4) is 0 Å². The van der Waals surface area contributed by atoms with E-state index >= 15 is 0 Å². The molecule has 8 nitrogen and oxygen atoms in total. The summed E-state index contributed by atoms with van der Waals surface area (Å²) in [5.74, 6) is -1.36. The number of hydrogen-bond acceptors (Lipinski definition) is 6. The molecular formula is C9H11N3O5S. The molecule has 2 rings (SSSR count). The number of ether oxygens (including phenoxy) is 1. The monoisotopic (exact) mass is 273 g/mol. The number of nitrogens with zero attached hydrogens (tertiary/aromatic N) is 1. The molecular weight excluding hydrogens is 262 g/mol. The van der Waals surface area contributed by atoms with E-state index in [0.717, 1.165) is 4.90 Å². The fourth-order valence-electron chi connectivity index (χ4n) is 1.85. The summed E-state index contributed by atoms with van der Waals surface area (Å²) in [5, 5.41) is 8.77. The van der Waals surface area contributed by atoms with Crippen molar-refractivity contribution < 1.29 is 24.2 Å². The van der Waals surface area contributed by atoms with Crippen molar-refractivity contribution >= 4 is 29.7 Å². The molecule has 5 N–H and O–H groups in total. The lowest BCUT2D eigenvalue weighted by atomic mass is 10.0. The van der Waals surface area contributed by atoms with Crippen molar-refractivity contribution in [2.75, 3.05) is 12.4 Å². The van der Waals surface area contributed by atoms with Gasteiger partial charge in [-0.3, -0.25) is 9.69 Å². The molecule has 1 saturated heterocycles. The second-order valence-electron chi connectivity index (χ2n) is 3.80. The average Bonchev–Trinajstić information content (AvgIpc) is 2.33. The van der Waals surface area contributed by atoms with Crippen LogP contribution in [0.4, 0.5) is 4.79 Å². The van der Waals surface area contributed by atoms with Gasteiger partial charge in [-0.15, -0.1) is 11.8 Å². The average molecular weight is 273 g/mol. The van der Waals surface area contributed by atoms with Crippen molar-refractivity contribution in [3.05, 3.63) is 11.3 Å². The number of primary amides is 1. The molecule has 0 aromatic rings. The Morgan fingerprint density at radius 1 is 1.56 bits per heavy atom. The number of carboxylic acids is 1. The number of carbonyl (C=O) groups excluding carboxylic acids is 2. The maximum Gasteiger partial charge on any atom is 0.404 e. The first-order chi connectivity index (χ1) is 8.43. The predicted octanol–water partition coefficient (Wildman–Crippen LogP) is -1.34. The summed E-state index contributed by atoms with van der Waals surface area (Å²) in [7, 11) is 0. The van der Waals surface area contributed by atoms with E-state index in [0.29, 0.717) is 11.3 Å². The van der Waals surface area contributed by atoms with E-state index in [4.69, 9.17) is 16.6 Å². The predicted molar refractivity (Wildman–Crippen MR) is 61.3 cm³/mol. The largest absolute Gasteiger partial charge is 0.477 e. The molecule has 9 heteroatoms. The number of carbonyl (C=O) groups is 3. The molecule has 0 aliphatic carbocycles. The highest BCUT2D eigenvalue weighted by molar-refractivity contribution is 8.00. The second kappa shape index (κ2) is 4.50. The van der Waals surface area contributed by atoms with Crippen molar-refractivity contribution in [2.24, 2.45) is 11.5 Å². The number of nitrogens with two attached hydrogens (primary N) is 2. The SMILES string of the molecule is NC(=O)OCC1=C(C(=O)O)N2C(=O)[C@@H](N)[C@@H]2SC1. The Labute approximate surface area is 106 Å². The third-order valence-electron chi connectivity index (χ3n) is 2.68.